The van der Waals surface area contributed by atoms with E-state index in [9.17, 15) is 4.79 Å². The molecule has 0 saturated carbocycles. The SMILES string of the molecule is COc1ccc(C2CCCNC2=O)c(OC)c1. The molecule has 0 spiro atoms. The van der Waals surface area contributed by atoms with E-state index in [1.807, 2.05) is 18.2 Å². The van der Waals surface area contributed by atoms with Gasteiger partial charge in [0.05, 0.1) is 20.1 Å². The van der Waals surface area contributed by atoms with Crippen molar-refractivity contribution in [1.82, 2.24) is 5.32 Å². The third-order valence-corrected chi connectivity index (χ3v) is 3.10. The largest absolute Gasteiger partial charge is 0.497 e. The van der Waals surface area contributed by atoms with E-state index in [1.165, 1.54) is 0 Å². The van der Waals surface area contributed by atoms with Crippen LogP contribution in [-0.2, 0) is 4.79 Å². The van der Waals surface area contributed by atoms with Crippen LogP contribution in [0.2, 0.25) is 0 Å². The molecule has 1 saturated heterocycles. The molecule has 1 N–H and O–H groups in total. The number of rotatable bonds is 3. The third kappa shape index (κ3) is 2.35. The number of amides is 1. The van der Waals surface area contributed by atoms with Gasteiger partial charge in [-0.2, -0.15) is 0 Å². The highest BCUT2D eigenvalue weighted by Crippen LogP contribution is 2.34. The fourth-order valence-corrected chi connectivity index (χ4v) is 2.18. The fraction of sp³-hybridized carbons (Fsp3) is 0.462. The van der Waals surface area contributed by atoms with Crippen LogP contribution in [0.25, 0.3) is 0 Å². The van der Waals surface area contributed by atoms with Crippen LogP contribution in [0.15, 0.2) is 18.2 Å². The maximum Gasteiger partial charge on any atom is 0.227 e. The van der Waals surface area contributed by atoms with Gasteiger partial charge in [-0.25, -0.2) is 0 Å². The van der Waals surface area contributed by atoms with Crippen LogP contribution in [0.5, 0.6) is 11.5 Å². The van der Waals surface area contributed by atoms with Crippen molar-refractivity contribution >= 4 is 5.91 Å². The van der Waals surface area contributed by atoms with E-state index < -0.39 is 0 Å². The number of hydrogen-bond acceptors (Lipinski definition) is 3. The van der Waals surface area contributed by atoms with Crippen LogP contribution in [0.3, 0.4) is 0 Å². The Balaban J connectivity index is 2.33. The second-order valence-corrected chi connectivity index (χ2v) is 4.09. The number of piperidine rings is 1. The van der Waals surface area contributed by atoms with Gasteiger partial charge in [0.15, 0.2) is 0 Å². The predicted molar refractivity (Wildman–Crippen MR) is 64.5 cm³/mol. The zero-order valence-corrected chi connectivity index (χ0v) is 10.2. The van der Waals surface area contributed by atoms with E-state index in [-0.39, 0.29) is 11.8 Å². The van der Waals surface area contributed by atoms with Gasteiger partial charge in [0, 0.05) is 18.2 Å². The first-order chi connectivity index (χ1) is 8.26. The average molecular weight is 235 g/mol. The summed E-state index contributed by atoms with van der Waals surface area (Å²) in [4.78, 5) is 11.8. The van der Waals surface area contributed by atoms with Crippen LogP contribution >= 0.6 is 0 Å². The average Bonchev–Trinajstić information content (AvgIpc) is 2.38. The maximum absolute atomic E-state index is 11.8. The minimum absolute atomic E-state index is 0.0831. The first kappa shape index (κ1) is 11.8. The van der Waals surface area contributed by atoms with Crippen molar-refractivity contribution in [2.75, 3.05) is 20.8 Å². The van der Waals surface area contributed by atoms with Gasteiger partial charge in [-0.05, 0) is 18.9 Å². The van der Waals surface area contributed by atoms with Gasteiger partial charge in [-0.3, -0.25) is 4.79 Å². The molecule has 1 fully saturated rings. The molecule has 0 aliphatic carbocycles. The summed E-state index contributed by atoms with van der Waals surface area (Å²) in [6, 6.07) is 5.59. The molecule has 4 heteroatoms. The molecule has 4 nitrogen and oxygen atoms in total. The quantitative estimate of drug-likeness (QED) is 0.867. The zero-order valence-electron chi connectivity index (χ0n) is 10.2. The standard InChI is InChI=1S/C13H17NO3/c1-16-9-5-6-10(12(8-9)17-2)11-4-3-7-14-13(11)15/h5-6,8,11H,3-4,7H2,1-2H3,(H,14,15). The molecule has 1 amide bonds. The lowest BCUT2D eigenvalue weighted by molar-refractivity contribution is -0.123. The lowest BCUT2D eigenvalue weighted by atomic mass is 9.90. The van der Waals surface area contributed by atoms with Crippen LogP contribution < -0.4 is 14.8 Å². The van der Waals surface area contributed by atoms with Crippen LogP contribution in [0.4, 0.5) is 0 Å². The summed E-state index contributed by atoms with van der Waals surface area (Å²) >= 11 is 0. The van der Waals surface area contributed by atoms with E-state index in [1.54, 1.807) is 14.2 Å². The summed E-state index contributed by atoms with van der Waals surface area (Å²) in [5.74, 6) is 1.43. The highest BCUT2D eigenvalue weighted by Gasteiger charge is 2.26. The van der Waals surface area contributed by atoms with Crippen molar-refractivity contribution in [3.05, 3.63) is 23.8 Å². The van der Waals surface area contributed by atoms with E-state index in [0.717, 1.165) is 30.7 Å². The van der Waals surface area contributed by atoms with Crippen molar-refractivity contribution in [2.45, 2.75) is 18.8 Å². The van der Waals surface area contributed by atoms with E-state index >= 15 is 0 Å². The van der Waals surface area contributed by atoms with Crippen molar-refractivity contribution in [3.63, 3.8) is 0 Å². The number of carbonyl (C=O) groups is 1. The fourth-order valence-electron chi connectivity index (χ4n) is 2.18. The molecule has 1 atom stereocenters. The number of methoxy groups -OCH3 is 2. The van der Waals surface area contributed by atoms with Gasteiger partial charge in [-0.15, -0.1) is 0 Å². The minimum atomic E-state index is -0.107. The lowest BCUT2D eigenvalue weighted by Gasteiger charge is -2.23. The maximum atomic E-state index is 11.8. The first-order valence-electron chi connectivity index (χ1n) is 5.76. The molecule has 1 aromatic carbocycles. The summed E-state index contributed by atoms with van der Waals surface area (Å²) in [5.41, 5.74) is 0.936. The molecular formula is C13H17NO3. The highest BCUT2D eigenvalue weighted by atomic mass is 16.5. The zero-order chi connectivity index (χ0) is 12.3. The second-order valence-electron chi connectivity index (χ2n) is 4.09. The monoisotopic (exact) mass is 235 g/mol. The second kappa shape index (κ2) is 5.08. The molecular weight excluding hydrogens is 218 g/mol. The van der Waals surface area contributed by atoms with Crippen molar-refractivity contribution < 1.29 is 14.3 Å². The van der Waals surface area contributed by atoms with Crippen LogP contribution in [0.1, 0.15) is 24.3 Å². The molecule has 2 rings (SSSR count). The topological polar surface area (TPSA) is 47.6 Å². The van der Waals surface area contributed by atoms with Gasteiger partial charge < -0.3 is 14.8 Å². The summed E-state index contributed by atoms with van der Waals surface area (Å²) < 4.78 is 10.5. The Labute approximate surface area is 101 Å². The summed E-state index contributed by atoms with van der Waals surface area (Å²) in [6.45, 7) is 0.772. The molecule has 1 aliphatic heterocycles. The van der Waals surface area contributed by atoms with E-state index in [4.69, 9.17) is 9.47 Å². The Bertz CT molecular complexity index is 417. The molecule has 17 heavy (non-hydrogen) atoms. The lowest BCUT2D eigenvalue weighted by Crippen LogP contribution is -2.35. The number of carbonyl (C=O) groups excluding carboxylic acids is 1. The Morgan fingerprint density at radius 1 is 1.29 bits per heavy atom. The molecule has 1 unspecified atom stereocenters. The first-order valence-corrected chi connectivity index (χ1v) is 5.76. The van der Waals surface area contributed by atoms with Crippen LogP contribution in [-0.4, -0.2) is 26.7 Å². The Hall–Kier alpha value is -1.71. The van der Waals surface area contributed by atoms with Gasteiger partial charge in [0.25, 0.3) is 0 Å². The molecule has 1 heterocycles. The molecule has 0 radical (unpaired) electrons. The molecule has 0 aromatic heterocycles. The van der Waals surface area contributed by atoms with Crippen molar-refractivity contribution in [3.8, 4) is 11.5 Å². The smallest absolute Gasteiger partial charge is 0.227 e. The number of nitrogens with one attached hydrogen (secondary N) is 1. The third-order valence-electron chi connectivity index (χ3n) is 3.10. The predicted octanol–water partition coefficient (Wildman–Crippen LogP) is 1.70. The summed E-state index contributed by atoms with van der Waals surface area (Å²) in [5, 5.41) is 2.88. The molecule has 0 bridgehead atoms. The summed E-state index contributed by atoms with van der Waals surface area (Å²) in [6.07, 6.45) is 1.88. The van der Waals surface area contributed by atoms with Crippen LogP contribution in [0, 0.1) is 0 Å². The van der Waals surface area contributed by atoms with Gasteiger partial charge in [-0.1, -0.05) is 6.07 Å². The number of ether oxygens (including phenoxy) is 2. The Morgan fingerprint density at radius 3 is 2.76 bits per heavy atom. The molecule has 92 valence electrons. The number of benzene rings is 1. The molecule has 1 aromatic rings. The van der Waals surface area contributed by atoms with E-state index in [2.05, 4.69) is 5.32 Å². The molecule has 1 aliphatic rings. The Kier molecular flexibility index (Phi) is 3.52. The van der Waals surface area contributed by atoms with Gasteiger partial charge in [0.2, 0.25) is 5.91 Å². The normalized spacial score (nSPS) is 19.6. The van der Waals surface area contributed by atoms with E-state index in [0.29, 0.717) is 5.75 Å². The highest BCUT2D eigenvalue weighted by molar-refractivity contribution is 5.85. The van der Waals surface area contributed by atoms with Gasteiger partial charge in [0.1, 0.15) is 11.5 Å². The summed E-state index contributed by atoms with van der Waals surface area (Å²) in [7, 11) is 3.22. The van der Waals surface area contributed by atoms with Crippen molar-refractivity contribution in [1.29, 1.82) is 0 Å². The Morgan fingerprint density at radius 2 is 2.12 bits per heavy atom. The minimum Gasteiger partial charge on any atom is -0.497 e. The number of hydrogen-bond donors (Lipinski definition) is 1. The van der Waals surface area contributed by atoms with Gasteiger partial charge >= 0.3 is 0 Å². The van der Waals surface area contributed by atoms with Crippen molar-refractivity contribution in [2.24, 2.45) is 0 Å².